The molecule has 2 amide bonds. The first-order chi connectivity index (χ1) is 11.5. The molecule has 1 fully saturated rings. The number of amides is 2. The molecule has 0 aromatic carbocycles. The van der Waals surface area contributed by atoms with Gasteiger partial charge in [-0.25, -0.2) is 14.8 Å². The fraction of sp³-hybridized carbons (Fsp3) is 0.312. The Morgan fingerprint density at radius 2 is 1.96 bits per heavy atom. The van der Waals surface area contributed by atoms with Gasteiger partial charge < -0.3 is 9.80 Å². The van der Waals surface area contributed by atoms with Gasteiger partial charge in [0.15, 0.2) is 0 Å². The molecule has 0 spiro atoms. The maximum atomic E-state index is 12.3. The number of aryl methyl sites for hydroxylation is 1. The zero-order chi connectivity index (χ0) is 17.1. The molecule has 1 aliphatic rings. The highest BCUT2D eigenvalue weighted by atomic mass is 35.5. The van der Waals surface area contributed by atoms with Gasteiger partial charge in [0.2, 0.25) is 0 Å². The maximum absolute atomic E-state index is 12.3. The molecule has 2 aromatic heterocycles. The standard InChI is InChI=1S/C16H17Cl2N5O/c1-11-3-2-4-14(20-11)21-16(24)23-7-5-22(6-8-23)15-13(18)9-12(17)10-19-15/h2-4,9-10H,5-8H2,1H3,(H,20,21,24). The van der Waals surface area contributed by atoms with Crippen LogP contribution < -0.4 is 10.2 Å². The van der Waals surface area contributed by atoms with Crippen molar-refractivity contribution in [3.8, 4) is 0 Å². The van der Waals surface area contributed by atoms with Crippen LogP contribution in [0.4, 0.5) is 16.4 Å². The normalized spacial score (nSPS) is 14.6. The van der Waals surface area contributed by atoms with Crippen LogP contribution in [0.15, 0.2) is 30.5 Å². The zero-order valence-corrected chi connectivity index (χ0v) is 14.7. The molecular weight excluding hydrogens is 349 g/mol. The summed E-state index contributed by atoms with van der Waals surface area (Å²) in [5.41, 5.74) is 0.862. The number of carbonyl (C=O) groups is 1. The van der Waals surface area contributed by atoms with Crippen molar-refractivity contribution in [1.29, 1.82) is 0 Å². The smallest absolute Gasteiger partial charge is 0.323 e. The summed E-state index contributed by atoms with van der Waals surface area (Å²) >= 11 is 12.1. The van der Waals surface area contributed by atoms with Crippen molar-refractivity contribution in [2.45, 2.75) is 6.92 Å². The Morgan fingerprint density at radius 3 is 2.62 bits per heavy atom. The Balaban J connectivity index is 1.59. The number of aromatic nitrogens is 2. The number of urea groups is 1. The predicted molar refractivity (Wildman–Crippen MR) is 96.0 cm³/mol. The zero-order valence-electron chi connectivity index (χ0n) is 13.2. The molecule has 1 aliphatic heterocycles. The predicted octanol–water partition coefficient (Wildman–Crippen LogP) is 3.45. The molecule has 1 saturated heterocycles. The lowest BCUT2D eigenvalue weighted by Crippen LogP contribution is -2.50. The third-order valence-electron chi connectivity index (χ3n) is 3.78. The largest absolute Gasteiger partial charge is 0.352 e. The van der Waals surface area contributed by atoms with Crippen molar-refractivity contribution in [1.82, 2.24) is 14.9 Å². The molecule has 1 N–H and O–H groups in total. The summed E-state index contributed by atoms with van der Waals surface area (Å²) in [6.45, 7) is 4.36. The molecule has 0 unspecified atom stereocenters. The first-order valence-electron chi connectivity index (χ1n) is 7.58. The number of hydrogen-bond acceptors (Lipinski definition) is 4. The number of halogens is 2. The Bertz CT molecular complexity index is 747. The van der Waals surface area contributed by atoms with E-state index in [0.29, 0.717) is 47.9 Å². The van der Waals surface area contributed by atoms with Crippen LogP contribution in [0.5, 0.6) is 0 Å². The highest BCUT2D eigenvalue weighted by molar-refractivity contribution is 6.36. The average Bonchev–Trinajstić information content (AvgIpc) is 2.55. The lowest BCUT2D eigenvalue weighted by molar-refractivity contribution is 0.208. The van der Waals surface area contributed by atoms with Crippen molar-refractivity contribution in [3.63, 3.8) is 0 Å². The Labute approximate surface area is 150 Å². The second-order valence-electron chi connectivity index (χ2n) is 5.53. The number of piperazine rings is 1. The highest BCUT2D eigenvalue weighted by Gasteiger charge is 2.23. The van der Waals surface area contributed by atoms with E-state index in [1.165, 1.54) is 0 Å². The third-order valence-corrected chi connectivity index (χ3v) is 4.26. The Kier molecular flexibility index (Phi) is 5.06. The molecule has 0 radical (unpaired) electrons. The fourth-order valence-corrected chi connectivity index (χ4v) is 3.06. The van der Waals surface area contributed by atoms with Crippen molar-refractivity contribution >= 4 is 40.9 Å². The molecule has 8 heteroatoms. The van der Waals surface area contributed by atoms with E-state index in [1.807, 2.05) is 24.0 Å². The summed E-state index contributed by atoms with van der Waals surface area (Å²) in [6.07, 6.45) is 1.57. The molecule has 126 valence electrons. The van der Waals surface area contributed by atoms with E-state index in [4.69, 9.17) is 23.2 Å². The summed E-state index contributed by atoms with van der Waals surface area (Å²) < 4.78 is 0. The van der Waals surface area contributed by atoms with Gasteiger partial charge in [-0.3, -0.25) is 5.32 Å². The highest BCUT2D eigenvalue weighted by Crippen LogP contribution is 2.26. The van der Waals surface area contributed by atoms with E-state index in [9.17, 15) is 4.79 Å². The van der Waals surface area contributed by atoms with Gasteiger partial charge in [0.25, 0.3) is 0 Å². The number of nitrogens with zero attached hydrogens (tertiary/aromatic N) is 4. The minimum atomic E-state index is -0.150. The second-order valence-corrected chi connectivity index (χ2v) is 6.37. The first-order valence-corrected chi connectivity index (χ1v) is 8.34. The van der Waals surface area contributed by atoms with E-state index in [1.54, 1.807) is 23.2 Å². The van der Waals surface area contributed by atoms with Gasteiger partial charge in [-0.05, 0) is 25.1 Å². The van der Waals surface area contributed by atoms with Gasteiger partial charge in [-0.1, -0.05) is 29.3 Å². The summed E-state index contributed by atoms with van der Waals surface area (Å²) in [7, 11) is 0. The van der Waals surface area contributed by atoms with Crippen molar-refractivity contribution in [2.75, 3.05) is 36.4 Å². The van der Waals surface area contributed by atoms with Gasteiger partial charge in [0.1, 0.15) is 11.6 Å². The number of hydrogen-bond donors (Lipinski definition) is 1. The quantitative estimate of drug-likeness (QED) is 0.885. The number of anilines is 2. The maximum Gasteiger partial charge on any atom is 0.323 e. The fourth-order valence-electron chi connectivity index (χ4n) is 2.56. The van der Waals surface area contributed by atoms with Gasteiger partial charge in [0.05, 0.1) is 10.0 Å². The van der Waals surface area contributed by atoms with Crippen LogP contribution in [0.25, 0.3) is 0 Å². The van der Waals surface area contributed by atoms with Gasteiger partial charge in [-0.15, -0.1) is 0 Å². The Morgan fingerprint density at radius 1 is 1.21 bits per heavy atom. The number of nitrogens with one attached hydrogen (secondary N) is 1. The third kappa shape index (κ3) is 3.88. The minimum Gasteiger partial charge on any atom is -0.352 e. The van der Waals surface area contributed by atoms with Crippen LogP contribution in [0.1, 0.15) is 5.69 Å². The molecule has 0 aliphatic carbocycles. The van der Waals surface area contributed by atoms with E-state index < -0.39 is 0 Å². The van der Waals surface area contributed by atoms with E-state index in [0.717, 1.165) is 5.69 Å². The van der Waals surface area contributed by atoms with Crippen LogP contribution in [-0.2, 0) is 0 Å². The van der Waals surface area contributed by atoms with Crippen molar-refractivity contribution in [2.24, 2.45) is 0 Å². The van der Waals surface area contributed by atoms with Crippen LogP contribution in [-0.4, -0.2) is 47.1 Å². The molecule has 24 heavy (non-hydrogen) atoms. The van der Waals surface area contributed by atoms with Crippen molar-refractivity contribution < 1.29 is 4.79 Å². The van der Waals surface area contributed by atoms with E-state index in [-0.39, 0.29) is 6.03 Å². The minimum absolute atomic E-state index is 0.150. The SMILES string of the molecule is Cc1cccc(NC(=O)N2CCN(c3ncc(Cl)cc3Cl)CC2)n1. The molecular formula is C16H17Cl2N5O. The van der Waals surface area contributed by atoms with Crippen LogP contribution >= 0.6 is 23.2 Å². The molecule has 0 saturated carbocycles. The lowest BCUT2D eigenvalue weighted by Gasteiger charge is -2.35. The van der Waals surface area contributed by atoms with Crippen LogP contribution in [0, 0.1) is 6.92 Å². The lowest BCUT2D eigenvalue weighted by atomic mass is 10.3. The Hall–Kier alpha value is -2.05. The molecule has 3 heterocycles. The van der Waals surface area contributed by atoms with E-state index >= 15 is 0 Å². The first kappa shape index (κ1) is 16.8. The van der Waals surface area contributed by atoms with Crippen LogP contribution in [0.2, 0.25) is 10.0 Å². The molecule has 0 bridgehead atoms. The number of rotatable bonds is 2. The second kappa shape index (κ2) is 7.23. The number of carbonyl (C=O) groups excluding carboxylic acids is 1. The van der Waals surface area contributed by atoms with E-state index in [2.05, 4.69) is 15.3 Å². The summed E-state index contributed by atoms with van der Waals surface area (Å²) in [4.78, 5) is 24.7. The number of pyridine rings is 2. The van der Waals surface area contributed by atoms with Gasteiger partial charge in [0, 0.05) is 38.1 Å². The summed E-state index contributed by atoms with van der Waals surface area (Å²) in [6, 6.07) is 7.05. The summed E-state index contributed by atoms with van der Waals surface area (Å²) in [5.74, 6) is 1.26. The van der Waals surface area contributed by atoms with Crippen LogP contribution in [0.3, 0.4) is 0 Å². The topological polar surface area (TPSA) is 61.4 Å². The van der Waals surface area contributed by atoms with Crippen molar-refractivity contribution in [3.05, 3.63) is 46.2 Å². The van der Waals surface area contributed by atoms with Gasteiger partial charge >= 0.3 is 6.03 Å². The molecule has 3 rings (SSSR count). The monoisotopic (exact) mass is 365 g/mol. The average molecular weight is 366 g/mol. The molecule has 0 atom stereocenters. The van der Waals surface area contributed by atoms with Gasteiger partial charge in [-0.2, -0.15) is 0 Å². The molecule has 6 nitrogen and oxygen atoms in total. The summed E-state index contributed by atoms with van der Waals surface area (Å²) in [5, 5.41) is 3.85. The molecule has 2 aromatic rings.